The van der Waals surface area contributed by atoms with Crippen molar-refractivity contribution in [3.8, 4) is 0 Å². The van der Waals surface area contributed by atoms with Crippen LogP contribution in [0.4, 0.5) is 0 Å². The molecule has 0 amide bonds. The lowest BCUT2D eigenvalue weighted by atomic mass is 10.2. The zero-order valence-corrected chi connectivity index (χ0v) is 10.6. The van der Waals surface area contributed by atoms with Crippen LogP contribution in [0.25, 0.3) is 6.08 Å². The fraction of sp³-hybridized carbons (Fsp3) is 0.400. The van der Waals surface area contributed by atoms with E-state index in [1.807, 2.05) is 6.07 Å². The van der Waals surface area contributed by atoms with Gasteiger partial charge in [-0.25, -0.2) is 0 Å². The molecule has 0 atom stereocenters. The lowest BCUT2D eigenvalue weighted by molar-refractivity contribution is -0.114. The average molecular weight is 218 g/mol. The molecule has 0 bridgehead atoms. The summed E-state index contributed by atoms with van der Waals surface area (Å²) < 4.78 is 0. The predicted octanol–water partition coefficient (Wildman–Crippen LogP) is 4.49. The third-order valence-electron chi connectivity index (χ3n) is 1.83. The summed E-state index contributed by atoms with van der Waals surface area (Å²) in [6.45, 7) is 5.27. The predicted molar refractivity (Wildman–Crippen MR) is 71.4 cm³/mol. The number of benzene rings is 1. The Hall–Kier alpha value is -1.37. The molecular formula is C15H22O. The van der Waals surface area contributed by atoms with Crippen molar-refractivity contribution in [2.45, 2.75) is 40.0 Å². The van der Waals surface area contributed by atoms with Crippen LogP contribution in [0.3, 0.4) is 0 Å². The van der Waals surface area contributed by atoms with Gasteiger partial charge in [-0.15, -0.1) is 0 Å². The highest BCUT2D eigenvalue weighted by molar-refractivity contribution is 5.72. The summed E-state index contributed by atoms with van der Waals surface area (Å²) in [6, 6.07) is 10.4. The highest BCUT2D eigenvalue weighted by Crippen LogP contribution is 2.03. The van der Waals surface area contributed by atoms with E-state index in [0.717, 1.165) is 0 Å². The van der Waals surface area contributed by atoms with E-state index < -0.39 is 0 Å². The SMILES string of the molecule is CC(C)=O.CCCCC=Cc1ccccc1. The van der Waals surface area contributed by atoms with Gasteiger partial charge >= 0.3 is 0 Å². The maximum absolute atomic E-state index is 9.44. The maximum Gasteiger partial charge on any atom is 0.126 e. The minimum Gasteiger partial charge on any atom is -0.300 e. The standard InChI is InChI=1S/C12H16.C3H6O/c1-2-3-4-6-9-12-10-7-5-8-11-12;1-3(2)4/h5-11H,2-4H2,1H3;1-2H3. The minimum absolute atomic E-state index is 0.167. The summed E-state index contributed by atoms with van der Waals surface area (Å²) in [6.07, 6.45) is 8.21. The molecule has 0 unspecified atom stereocenters. The van der Waals surface area contributed by atoms with Crippen molar-refractivity contribution in [3.63, 3.8) is 0 Å². The Balaban J connectivity index is 0.000000487. The van der Waals surface area contributed by atoms with Crippen molar-refractivity contribution in [2.24, 2.45) is 0 Å². The Bertz CT molecular complexity index is 294. The topological polar surface area (TPSA) is 17.1 Å². The third-order valence-corrected chi connectivity index (χ3v) is 1.83. The zero-order chi connectivity index (χ0) is 12.2. The molecule has 1 heteroatoms. The molecule has 1 nitrogen and oxygen atoms in total. The minimum atomic E-state index is 0.167. The number of ketones is 1. The normalized spacial score (nSPS) is 9.69. The molecule has 0 radical (unpaired) electrons. The summed E-state index contributed by atoms with van der Waals surface area (Å²) in [4.78, 5) is 9.44. The summed E-state index contributed by atoms with van der Waals surface area (Å²) in [5.74, 6) is 0.167. The number of rotatable bonds is 4. The fourth-order valence-electron chi connectivity index (χ4n) is 1.11. The van der Waals surface area contributed by atoms with E-state index in [1.165, 1.54) is 38.7 Å². The average Bonchev–Trinajstić information content (AvgIpc) is 2.25. The van der Waals surface area contributed by atoms with E-state index in [2.05, 4.69) is 43.3 Å². The van der Waals surface area contributed by atoms with Crippen molar-refractivity contribution in [1.29, 1.82) is 0 Å². The van der Waals surface area contributed by atoms with Gasteiger partial charge in [-0.05, 0) is 25.8 Å². The van der Waals surface area contributed by atoms with Crippen LogP contribution in [0.2, 0.25) is 0 Å². The maximum atomic E-state index is 9.44. The molecule has 0 aliphatic carbocycles. The Morgan fingerprint density at radius 1 is 1.19 bits per heavy atom. The van der Waals surface area contributed by atoms with E-state index in [0.29, 0.717) is 0 Å². The number of allylic oxidation sites excluding steroid dienone is 1. The molecule has 0 heterocycles. The number of hydrogen-bond donors (Lipinski definition) is 0. The highest BCUT2D eigenvalue weighted by Gasteiger charge is 1.81. The molecule has 0 aliphatic heterocycles. The molecule has 1 aromatic rings. The number of hydrogen-bond acceptors (Lipinski definition) is 1. The van der Waals surface area contributed by atoms with Crippen LogP contribution in [0.5, 0.6) is 0 Å². The van der Waals surface area contributed by atoms with Gasteiger partial charge in [0.1, 0.15) is 5.78 Å². The molecule has 16 heavy (non-hydrogen) atoms. The molecule has 0 N–H and O–H groups in total. The zero-order valence-electron chi connectivity index (χ0n) is 10.6. The summed E-state index contributed by atoms with van der Waals surface area (Å²) in [5, 5.41) is 0. The van der Waals surface area contributed by atoms with Crippen molar-refractivity contribution in [3.05, 3.63) is 42.0 Å². The van der Waals surface area contributed by atoms with Crippen LogP contribution in [0, 0.1) is 0 Å². The van der Waals surface area contributed by atoms with Crippen LogP contribution in [0.15, 0.2) is 36.4 Å². The van der Waals surface area contributed by atoms with Gasteiger partial charge in [-0.3, -0.25) is 0 Å². The van der Waals surface area contributed by atoms with Crippen molar-refractivity contribution >= 4 is 11.9 Å². The Labute approximate surface area is 99.2 Å². The highest BCUT2D eigenvalue weighted by atomic mass is 16.1. The molecular weight excluding hydrogens is 196 g/mol. The van der Waals surface area contributed by atoms with Gasteiger partial charge in [-0.2, -0.15) is 0 Å². The van der Waals surface area contributed by atoms with E-state index in [4.69, 9.17) is 0 Å². The van der Waals surface area contributed by atoms with Gasteiger partial charge in [0.05, 0.1) is 0 Å². The van der Waals surface area contributed by atoms with Crippen LogP contribution in [-0.4, -0.2) is 5.78 Å². The van der Waals surface area contributed by atoms with Gasteiger partial charge in [0.15, 0.2) is 0 Å². The van der Waals surface area contributed by atoms with Crippen LogP contribution in [-0.2, 0) is 4.79 Å². The first kappa shape index (κ1) is 14.6. The Kier molecular flexibility index (Phi) is 9.29. The second kappa shape index (κ2) is 10.2. The smallest absolute Gasteiger partial charge is 0.126 e. The second-order valence-corrected chi connectivity index (χ2v) is 3.86. The monoisotopic (exact) mass is 218 g/mol. The molecule has 0 aromatic heterocycles. The molecule has 0 aliphatic rings. The fourth-order valence-corrected chi connectivity index (χ4v) is 1.11. The van der Waals surface area contributed by atoms with Gasteiger partial charge in [0.25, 0.3) is 0 Å². The molecule has 1 aromatic carbocycles. The van der Waals surface area contributed by atoms with Gasteiger partial charge in [0.2, 0.25) is 0 Å². The van der Waals surface area contributed by atoms with E-state index in [9.17, 15) is 4.79 Å². The number of Topliss-reactive ketones (excluding diaryl/α,β-unsaturated/α-hetero) is 1. The van der Waals surface area contributed by atoms with Crippen molar-refractivity contribution in [2.75, 3.05) is 0 Å². The van der Waals surface area contributed by atoms with Gasteiger partial charge in [0, 0.05) is 0 Å². The van der Waals surface area contributed by atoms with Crippen LogP contribution < -0.4 is 0 Å². The summed E-state index contributed by atoms with van der Waals surface area (Å²) >= 11 is 0. The van der Waals surface area contributed by atoms with Crippen LogP contribution >= 0.6 is 0 Å². The lowest BCUT2D eigenvalue weighted by Gasteiger charge is -1.91. The molecule has 0 fully saturated rings. The first-order valence-corrected chi connectivity index (χ1v) is 5.85. The van der Waals surface area contributed by atoms with Gasteiger partial charge in [-0.1, -0.05) is 62.2 Å². The van der Waals surface area contributed by atoms with E-state index in [-0.39, 0.29) is 5.78 Å². The molecule has 1 rings (SSSR count). The number of unbranched alkanes of at least 4 members (excludes halogenated alkanes) is 2. The van der Waals surface area contributed by atoms with Gasteiger partial charge < -0.3 is 4.79 Å². The largest absolute Gasteiger partial charge is 0.300 e. The lowest BCUT2D eigenvalue weighted by Crippen LogP contribution is -1.69. The quantitative estimate of drug-likeness (QED) is 0.681. The second-order valence-electron chi connectivity index (χ2n) is 3.86. The molecule has 0 saturated carbocycles. The van der Waals surface area contributed by atoms with E-state index >= 15 is 0 Å². The molecule has 88 valence electrons. The van der Waals surface area contributed by atoms with Crippen LogP contribution in [0.1, 0.15) is 45.6 Å². The summed E-state index contributed by atoms with van der Waals surface area (Å²) in [7, 11) is 0. The Morgan fingerprint density at radius 2 is 1.75 bits per heavy atom. The molecule has 0 saturated heterocycles. The van der Waals surface area contributed by atoms with Crippen molar-refractivity contribution < 1.29 is 4.79 Å². The molecule has 0 spiro atoms. The first-order chi connectivity index (χ1) is 7.66. The Morgan fingerprint density at radius 3 is 2.25 bits per heavy atom. The first-order valence-electron chi connectivity index (χ1n) is 5.85. The number of carbonyl (C=O) groups is 1. The van der Waals surface area contributed by atoms with E-state index in [1.54, 1.807) is 0 Å². The van der Waals surface area contributed by atoms with Crippen molar-refractivity contribution in [1.82, 2.24) is 0 Å². The third kappa shape index (κ3) is 10.7. The number of carbonyl (C=O) groups excluding carboxylic acids is 1. The summed E-state index contributed by atoms with van der Waals surface area (Å²) in [5.41, 5.74) is 1.30.